The van der Waals surface area contributed by atoms with Crippen LogP contribution in [0, 0.1) is 10.1 Å². The average Bonchev–Trinajstić information content (AvgIpc) is 3.21. The van der Waals surface area contributed by atoms with E-state index in [-0.39, 0.29) is 17.0 Å². The van der Waals surface area contributed by atoms with Gasteiger partial charge in [0.15, 0.2) is 5.75 Å². The molecule has 29 heavy (non-hydrogen) atoms. The largest absolute Gasteiger partial charge is 0.490 e. The summed E-state index contributed by atoms with van der Waals surface area (Å²) < 4.78 is 44.3. The van der Waals surface area contributed by atoms with Crippen molar-refractivity contribution in [2.45, 2.75) is 19.0 Å². The number of methoxy groups -OCH3 is 1. The van der Waals surface area contributed by atoms with E-state index < -0.39 is 28.3 Å². The Kier molecular flexibility index (Phi) is 5.62. The van der Waals surface area contributed by atoms with Crippen molar-refractivity contribution in [2.24, 2.45) is 0 Å². The molecule has 0 bridgehead atoms. The van der Waals surface area contributed by atoms with Crippen LogP contribution in [0.5, 0.6) is 5.75 Å². The highest BCUT2D eigenvalue weighted by Crippen LogP contribution is 2.37. The Balaban J connectivity index is 1.96. The summed E-state index contributed by atoms with van der Waals surface area (Å²) in [6, 6.07) is 6.79. The molecule has 1 saturated heterocycles. The Morgan fingerprint density at radius 3 is 2.45 bits per heavy atom. The highest BCUT2D eigenvalue weighted by atomic mass is 19.4. The molecule has 1 amide bonds. The van der Waals surface area contributed by atoms with Crippen LogP contribution in [0.4, 0.5) is 30.2 Å². The number of rotatable bonds is 5. The summed E-state index contributed by atoms with van der Waals surface area (Å²) in [5.74, 6) is -0.779. The van der Waals surface area contributed by atoms with Crippen LogP contribution in [0.2, 0.25) is 0 Å². The molecule has 0 aromatic heterocycles. The molecule has 0 aliphatic carbocycles. The third-order valence-electron chi connectivity index (χ3n) is 4.66. The number of amides is 1. The molecule has 0 atom stereocenters. The molecule has 7 nitrogen and oxygen atoms in total. The van der Waals surface area contributed by atoms with Gasteiger partial charge in [0.2, 0.25) is 0 Å². The molecular formula is C19H18F3N3O4. The van der Waals surface area contributed by atoms with Gasteiger partial charge in [0.25, 0.3) is 5.91 Å². The van der Waals surface area contributed by atoms with Crippen LogP contribution in [0.3, 0.4) is 0 Å². The molecule has 154 valence electrons. The van der Waals surface area contributed by atoms with Crippen LogP contribution in [-0.2, 0) is 6.18 Å². The van der Waals surface area contributed by atoms with Crippen molar-refractivity contribution < 1.29 is 27.6 Å². The number of nitro groups is 1. The van der Waals surface area contributed by atoms with Crippen LogP contribution < -0.4 is 15.0 Å². The Morgan fingerprint density at radius 1 is 1.17 bits per heavy atom. The Bertz CT molecular complexity index is 941. The van der Waals surface area contributed by atoms with E-state index in [0.29, 0.717) is 18.8 Å². The number of alkyl halides is 3. The molecular weight excluding hydrogens is 391 g/mol. The van der Waals surface area contributed by atoms with Crippen LogP contribution in [0.1, 0.15) is 28.8 Å². The molecule has 0 saturated carbocycles. The molecule has 1 N–H and O–H groups in total. The number of nitrogens with zero attached hydrogens (tertiary/aromatic N) is 2. The van der Waals surface area contributed by atoms with Crippen molar-refractivity contribution >= 4 is 23.0 Å². The zero-order valence-electron chi connectivity index (χ0n) is 15.5. The van der Waals surface area contributed by atoms with E-state index in [0.717, 1.165) is 31.0 Å². The fourth-order valence-corrected chi connectivity index (χ4v) is 3.21. The highest BCUT2D eigenvalue weighted by molar-refractivity contribution is 6.06. The number of ether oxygens (including phenoxy) is 1. The second-order valence-corrected chi connectivity index (χ2v) is 6.52. The highest BCUT2D eigenvalue weighted by Gasteiger charge is 2.32. The van der Waals surface area contributed by atoms with E-state index in [2.05, 4.69) is 5.32 Å². The molecule has 0 radical (unpaired) electrons. The predicted octanol–water partition coefficient (Wildman–Crippen LogP) is 4.47. The molecule has 1 aliphatic rings. The van der Waals surface area contributed by atoms with E-state index in [9.17, 15) is 28.1 Å². The zero-order chi connectivity index (χ0) is 21.2. The molecule has 0 spiro atoms. The Labute approximate surface area is 164 Å². The van der Waals surface area contributed by atoms with Crippen LogP contribution in [0.25, 0.3) is 0 Å². The maximum atomic E-state index is 13.1. The van der Waals surface area contributed by atoms with Crippen molar-refractivity contribution in [2.75, 3.05) is 30.4 Å². The lowest BCUT2D eigenvalue weighted by molar-refractivity contribution is -0.385. The molecule has 1 heterocycles. The van der Waals surface area contributed by atoms with Crippen molar-refractivity contribution in [3.8, 4) is 5.75 Å². The van der Waals surface area contributed by atoms with Gasteiger partial charge in [0.1, 0.15) is 0 Å². The van der Waals surface area contributed by atoms with Gasteiger partial charge >= 0.3 is 11.9 Å². The fraction of sp³-hybridized carbons (Fsp3) is 0.316. The van der Waals surface area contributed by atoms with Gasteiger partial charge in [-0.05, 0) is 43.2 Å². The smallest absolute Gasteiger partial charge is 0.416 e. The minimum Gasteiger partial charge on any atom is -0.490 e. The van der Waals surface area contributed by atoms with Crippen molar-refractivity contribution in [3.63, 3.8) is 0 Å². The Morgan fingerprint density at radius 2 is 1.86 bits per heavy atom. The van der Waals surface area contributed by atoms with Gasteiger partial charge in [-0.25, -0.2) is 0 Å². The third kappa shape index (κ3) is 4.41. The second-order valence-electron chi connectivity index (χ2n) is 6.52. The predicted molar refractivity (Wildman–Crippen MR) is 100 cm³/mol. The van der Waals surface area contributed by atoms with Crippen LogP contribution in [0.15, 0.2) is 36.4 Å². The summed E-state index contributed by atoms with van der Waals surface area (Å²) in [5, 5.41) is 13.6. The molecule has 0 unspecified atom stereocenters. The first-order valence-electron chi connectivity index (χ1n) is 8.80. The lowest BCUT2D eigenvalue weighted by Gasteiger charge is -2.23. The van der Waals surface area contributed by atoms with Crippen LogP contribution in [-0.4, -0.2) is 31.0 Å². The van der Waals surface area contributed by atoms with Gasteiger partial charge in [0, 0.05) is 24.7 Å². The lowest BCUT2D eigenvalue weighted by atomic mass is 10.1. The summed E-state index contributed by atoms with van der Waals surface area (Å²) in [6.45, 7) is 1.34. The van der Waals surface area contributed by atoms with Gasteiger partial charge < -0.3 is 15.0 Å². The maximum Gasteiger partial charge on any atom is 0.416 e. The standard InChI is InChI=1S/C19H18F3N3O4/c1-29-17-7-4-12(10-16(17)25(27)28)18(26)23-14-11-13(19(20,21)22)5-6-15(14)24-8-2-3-9-24/h4-7,10-11H,2-3,8-9H2,1H3,(H,23,26). The number of carbonyl (C=O) groups excluding carboxylic acids is 1. The summed E-state index contributed by atoms with van der Waals surface area (Å²) in [5.41, 5.74) is -0.889. The first-order chi connectivity index (χ1) is 13.7. The van der Waals surface area contributed by atoms with E-state index in [4.69, 9.17) is 4.74 Å². The molecule has 2 aromatic rings. The second kappa shape index (κ2) is 7.98. The zero-order valence-corrected chi connectivity index (χ0v) is 15.5. The molecule has 10 heteroatoms. The first kappa shape index (κ1) is 20.4. The van der Waals surface area contributed by atoms with Gasteiger partial charge in [-0.1, -0.05) is 0 Å². The number of halogens is 3. The molecule has 1 fully saturated rings. The minimum absolute atomic E-state index is 0.00481. The van der Waals surface area contributed by atoms with Gasteiger partial charge in [-0.15, -0.1) is 0 Å². The Hall–Kier alpha value is -3.30. The SMILES string of the molecule is COc1ccc(C(=O)Nc2cc(C(F)(F)F)ccc2N2CCCC2)cc1[N+](=O)[O-]. The fourth-order valence-electron chi connectivity index (χ4n) is 3.21. The van der Waals surface area contributed by atoms with E-state index >= 15 is 0 Å². The number of anilines is 2. The maximum absolute atomic E-state index is 13.1. The third-order valence-corrected chi connectivity index (χ3v) is 4.66. The van der Waals surface area contributed by atoms with Crippen LogP contribution >= 0.6 is 0 Å². The monoisotopic (exact) mass is 409 g/mol. The minimum atomic E-state index is -4.57. The first-order valence-corrected chi connectivity index (χ1v) is 8.80. The number of hydrogen-bond acceptors (Lipinski definition) is 5. The normalized spacial score (nSPS) is 14.0. The lowest BCUT2D eigenvalue weighted by Crippen LogP contribution is -2.22. The summed E-state index contributed by atoms with van der Waals surface area (Å²) >= 11 is 0. The number of benzene rings is 2. The molecule has 2 aromatic carbocycles. The number of hydrogen-bond donors (Lipinski definition) is 1. The molecule has 3 rings (SSSR count). The van der Waals surface area contributed by atoms with Gasteiger partial charge in [-0.2, -0.15) is 13.2 Å². The summed E-state index contributed by atoms with van der Waals surface area (Å²) in [6.07, 6.45) is -2.76. The topological polar surface area (TPSA) is 84.7 Å². The van der Waals surface area contributed by atoms with E-state index in [1.165, 1.54) is 25.3 Å². The van der Waals surface area contributed by atoms with Crippen molar-refractivity contribution in [3.05, 3.63) is 57.6 Å². The van der Waals surface area contributed by atoms with Gasteiger partial charge in [0.05, 0.1) is 29.0 Å². The number of carbonyl (C=O) groups is 1. The number of nitro benzene ring substituents is 1. The van der Waals surface area contributed by atoms with Crippen molar-refractivity contribution in [1.82, 2.24) is 0 Å². The average molecular weight is 409 g/mol. The van der Waals surface area contributed by atoms with Crippen molar-refractivity contribution in [1.29, 1.82) is 0 Å². The molecule has 1 aliphatic heterocycles. The summed E-state index contributed by atoms with van der Waals surface area (Å²) in [7, 11) is 1.26. The number of nitrogens with one attached hydrogen (secondary N) is 1. The quantitative estimate of drug-likeness (QED) is 0.582. The van der Waals surface area contributed by atoms with Gasteiger partial charge in [-0.3, -0.25) is 14.9 Å². The van der Waals surface area contributed by atoms with E-state index in [1.807, 2.05) is 4.90 Å². The summed E-state index contributed by atoms with van der Waals surface area (Å²) in [4.78, 5) is 25.0. The van der Waals surface area contributed by atoms with E-state index in [1.54, 1.807) is 0 Å².